The lowest BCUT2D eigenvalue weighted by Gasteiger charge is -2.34. The Morgan fingerprint density at radius 1 is 1.04 bits per heavy atom. The van der Waals surface area contributed by atoms with Crippen LogP contribution < -0.4 is 15.5 Å². The van der Waals surface area contributed by atoms with E-state index in [0.717, 1.165) is 70.1 Å². The number of unbranched alkanes of at least 4 members (excludes halogenated alkanes) is 1. The molecule has 2 N–H and O–H groups in total. The number of piperazine rings is 1. The van der Waals surface area contributed by atoms with Gasteiger partial charge in [-0.1, -0.05) is 26.7 Å². The number of guanidine groups is 1. The molecule has 152 valence electrons. The Hall–Kier alpha value is -1.89. The van der Waals surface area contributed by atoms with Gasteiger partial charge in [0.1, 0.15) is 0 Å². The molecule has 0 unspecified atom stereocenters. The first kappa shape index (κ1) is 21.4. The fraction of sp³-hybridized carbons (Fsp3) is 0.750. The van der Waals surface area contributed by atoms with Gasteiger partial charge in [0.15, 0.2) is 5.96 Å². The summed E-state index contributed by atoms with van der Waals surface area (Å²) in [4.78, 5) is 17.8. The molecule has 1 aromatic heterocycles. The van der Waals surface area contributed by atoms with E-state index in [1.165, 1.54) is 19.3 Å². The fourth-order valence-electron chi connectivity index (χ4n) is 3.24. The predicted octanol–water partition coefficient (Wildman–Crippen LogP) is 1.98. The van der Waals surface area contributed by atoms with Crippen molar-refractivity contribution in [3.63, 3.8) is 0 Å². The number of aromatic nitrogens is 2. The van der Waals surface area contributed by atoms with Gasteiger partial charge in [0.05, 0.1) is 0 Å². The lowest BCUT2D eigenvalue weighted by molar-refractivity contribution is 0.254. The van der Waals surface area contributed by atoms with Gasteiger partial charge in [0.25, 0.3) is 0 Å². The second-order valence-corrected chi connectivity index (χ2v) is 7.55. The van der Waals surface area contributed by atoms with Crippen LogP contribution in [0.2, 0.25) is 0 Å². The van der Waals surface area contributed by atoms with E-state index in [-0.39, 0.29) is 0 Å². The molecule has 1 aromatic rings. The molecule has 0 aromatic carbocycles. The molecule has 0 aliphatic carbocycles. The van der Waals surface area contributed by atoms with Crippen LogP contribution in [0.5, 0.6) is 0 Å². The summed E-state index contributed by atoms with van der Waals surface area (Å²) in [7, 11) is 1.84. The average molecular weight is 376 g/mol. The summed E-state index contributed by atoms with van der Waals surface area (Å²) < 4.78 is 0. The molecule has 1 aliphatic rings. The molecule has 2 rings (SSSR count). The van der Waals surface area contributed by atoms with Crippen molar-refractivity contribution in [2.45, 2.75) is 39.5 Å². The first-order valence-electron chi connectivity index (χ1n) is 10.4. The van der Waals surface area contributed by atoms with E-state index in [9.17, 15) is 0 Å². The lowest BCUT2D eigenvalue weighted by atomic mass is 10.1. The van der Waals surface area contributed by atoms with Crippen molar-refractivity contribution < 1.29 is 0 Å². The molecule has 7 heteroatoms. The third-order valence-corrected chi connectivity index (χ3v) is 4.88. The summed E-state index contributed by atoms with van der Waals surface area (Å²) in [5.74, 6) is 2.57. The molecule has 0 amide bonds. The normalized spacial score (nSPS) is 16.0. The molecule has 2 heterocycles. The van der Waals surface area contributed by atoms with Gasteiger partial charge in [0.2, 0.25) is 5.95 Å². The first-order chi connectivity index (χ1) is 13.2. The van der Waals surface area contributed by atoms with Gasteiger partial charge in [-0.15, -0.1) is 0 Å². The zero-order valence-electron chi connectivity index (χ0n) is 17.3. The minimum absolute atomic E-state index is 0.796. The predicted molar refractivity (Wildman–Crippen MR) is 113 cm³/mol. The molecule has 0 atom stereocenters. The number of hydrogen-bond acceptors (Lipinski definition) is 5. The van der Waals surface area contributed by atoms with Gasteiger partial charge in [0, 0.05) is 58.7 Å². The number of nitrogens with zero attached hydrogens (tertiary/aromatic N) is 5. The zero-order chi connectivity index (χ0) is 19.3. The van der Waals surface area contributed by atoms with Gasteiger partial charge in [-0.25, -0.2) is 9.97 Å². The summed E-state index contributed by atoms with van der Waals surface area (Å²) in [6, 6.07) is 1.86. The topological polar surface area (TPSA) is 68.7 Å². The number of rotatable bonds is 10. The van der Waals surface area contributed by atoms with Crippen molar-refractivity contribution in [3.05, 3.63) is 18.5 Å². The van der Waals surface area contributed by atoms with E-state index in [4.69, 9.17) is 0 Å². The summed E-state index contributed by atoms with van der Waals surface area (Å²) in [6.45, 7) is 11.8. The van der Waals surface area contributed by atoms with Crippen LogP contribution in [0.3, 0.4) is 0 Å². The third-order valence-electron chi connectivity index (χ3n) is 4.88. The van der Waals surface area contributed by atoms with Crippen LogP contribution in [0, 0.1) is 5.92 Å². The second kappa shape index (κ2) is 12.5. The van der Waals surface area contributed by atoms with E-state index < -0.39 is 0 Å². The third kappa shape index (κ3) is 8.56. The van der Waals surface area contributed by atoms with Gasteiger partial charge < -0.3 is 15.5 Å². The number of anilines is 1. The zero-order valence-corrected chi connectivity index (χ0v) is 17.3. The van der Waals surface area contributed by atoms with E-state index >= 15 is 0 Å². The molecule has 0 bridgehead atoms. The Bertz CT molecular complexity index is 524. The molecule has 27 heavy (non-hydrogen) atoms. The van der Waals surface area contributed by atoms with Crippen molar-refractivity contribution in [1.29, 1.82) is 0 Å². The highest BCUT2D eigenvalue weighted by Crippen LogP contribution is 2.09. The molecule has 7 nitrogen and oxygen atoms in total. The highest BCUT2D eigenvalue weighted by Gasteiger charge is 2.18. The maximum absolute atomic E-state index is 4.34. The molecular formula is C20H37N7. The number of hydrogen-bond donors (Lipinski definition) is 2. The Morgan fingerprint density at radius 3 is 2.33 bits per heavy atom. The molecule has 1 saturated heterocycles. The van der Waals surface area contributed by atoms with Crippen LogP contribution in [0.15, 0.2) is 23.5 Å². The van der Waals surface area contributed by atoms with Crippen molar-refractivity contribution in [1.82, 2.24) is 25.5 Å². The van der Waals surface area contributed by atoms with Crippen molar-refractivity contribution in [2.75, 3.05) is 57.8 Å². The van der Waals surface area contributed by atoms with Gasteiger partial charge in [-0.05, 0) is 31.4 Å². The summed E-state index contributed by atoms with van der Waals surface area (Å²) in [5.41, 5.74) is 0. The summed E-state index contributed by atoms with van der Waals surface area (Å²) in [5, 5.41) is 6.84. The van der Waals surface area contributed by atoms with Crippen LogP contribution >= 0.6 is 0 Å². The monoisotopic (exact) mass is 375 g/mol. The van der Waals surface area contributed by atoms with E-state index in [0.29, 0.717) is 0 Å². The Balaban J connectivity index is 1.52. The van der Waals surface area contributed by atoms with Gasteiger partial charge >= 0.3 is 0 Å². The quantitative estimate of drug-likeness (QED) is 0.370. The fourth-order valence-corrected chi connectivity index (χ4v) is 3.24. The van der Waals surface area contributed by atoms with E-state index in [1.807, 2.05) is 25.5 Å². The Labute approximate surface area is 164 Å². The molecule has 0 saturated carbocycles. The smallest absolute Gasteiger partial charge is 0.225 e. The molecule has 1 aliphatic heterocycles. The maximum atomic E-state index is 4.34. The SMILES string of the molecule is CN=C(NCCCCC(C)C)NCCCN1CCN(c2ncccn2)CC1. The van der Waals surface area contributed by atoms with Crippen LogP contribution in [0.1, 0.15) is 39.5 Å². The molecule has 0 spiro atoms. The highest BCUT2D eigenvalue weighted by molar-refractivity contribution is 5.79. The largest absolute Gasteiger partial charge is 0.356 e. The van der Waals surface area contributed by atoms with Crippen molar-refractivity contribution >= 4 is 11.9 Å². The van der Waals surface area contributed by atoms with Crippen molar-refractivity contribution in [2.24, 2.45) is 10.9 Å². The average Bonchev–Trinajstić information content (AvgIpc) is 2.70. The molecular weight excluding hydrogens is 338 g/mol. The van der Waals surface area contributed by atoms with Crippen LogP contribution in [0.25, 0.3) is 0 Å². The minimum atomic E-state index is 0.796. The maximum Gasteiger partial charge on any atom is 0.225 e. The lowest BCUT2D eigenvalue weighted by Crippen LogP contribution is -2.47. The Morgan fingerprint density at radius 2 is 1.70 bits per heavy atom. The van der Waals surface area contributed by atoms with Crippen molar-refractivity contribution in [3.8, 4) is 0 Å². The summed E-state index contributed by atoms with van der Waals surface area (Å²) >= 11 is 0. The highest BCUT2D eigenvalue weighted by atomic mass is 15.3. The number of aliphatic imine (C=N–C) groups is 1. The van der Waals surface area contributed by atoms with Crippen LogP contribution in [0.4, 0.5) is 5.95 Å². The molecule has 0 radical (unpaired) electrons. The van der Waals surface area contributed by atoms with E-state index in [1.54, 1.807) is 0 Å². The minimum Gasteiger partial charge on any atom is -0.356 e. The van der Waals surface area contributed by atoms with E-state index in [2.05, 4.69) is 49.2 Å². The van der Waals surface area contributed by atoms with Gasteiger partial charge in [-0.3, -0.25) is 9.89 Å². The van der Waals surface area contributed by atoms with Crippen LogP contribution in [-0.4, -0.2) is 73.7 Å². The van der Waals surface area contributed by atoms with Gasteiger partial charge in [-0.2, -0.15) is 0 Å². The standard InChI is InChI=1S/C20H37N7/c1-18(2)8-4-5-9-22-19(21-3)23-12-7-13-26-14-16-27(17-15-26)20-24-10-6-11-25-20/h6,10-11,18H,4-5,7-9,12-17H2,1-3H3,(H2,21,22,23). The Kier molecular flexibility index (Phi) is 9.90. The second-order valence-electron chi connectivity index (χ2n) is 7.55. The number of nitrogens with one attached hydrogen (secondary N) is 2. The first-order valence-corrected chi connectivity index (χ1v) is 10.4. The van der Waals surface area contributed by atoms with Crippen LogP contribution in [-0.2, 0) is 0 Å². The summed E-state index contributed by atoms with van der Waals surface area (Å²) in [6.07, 6.45) is 8.53. The molecule has 1 fully saturated rings.